The quantitative estimate of drug-likeness (QED) is 0.750. The second-order valence-electron chi connectivity index (χ2n) is 7.88. The van der Waals surface area contributed by atoms with Gasteiger partial charge < -0.3 is 19.4 Å². The summed E-state index contributed by atoms with van der Waals surface area (Å²) in [5.74, 6) is -0.502. The Morgan fingerprint density at radius 2 is 1.70 bits per heavy atom. The predicted octanol–water partition coefficient (Wildman–Crippen LogP) is 0.657. The van der Waals surface area contributed by atoms with E-state index in [1.54, 1.807) is 12.1 Å². The Morgan fingerprint density at radius 1 is 1.03 bits per heavy atom. The summed E-state index contributed by atoms with van der Waals surface area (Å²) in [6.07, 6.45) is 0.576. The number of piperazine rings is 1. The van der Waals surface area contributed by atoms with Gasteiger partial charge in [-0.2, -0.15) is 0 Å². The van der Waals surface area contributed by atoms with Gasteiger partial charge in [0.25, 0.3) is 5.91 Å². The lowest BCUT2D eigenvalue weighted by atomic mass is 9.94. The van der Waals surface area contributed by atoms with Gasteiger partial charge >= 0.3 is 5.97 Å². The molecule has 1 fully saturated rings. The molecule has 30 heavy (non-hydrogen) atoms. The van der Waals surface area contributed by atoms with E-state index in [9.17, 15) is 14.0 Å². The Bertz CT molecular complexity index is 927. The average molecular weight is 412 g/mol. The number of carbonyl (C=O) groups excluding carboxylic acids is 2. The summed E-state index contributed by atoms with van der Waals surface area (Å²) >= 11 is 0. The third-order valence-corrected chi connectivity index (χ3v) is 6.14. The van der Waals surface area contributed by atoms with Crippen LogP contribution in [0.3, 0.4) is 0 Å². The smallest absolute Gasteiger partial charge is 0.365 e. The highest BCUT2D eigenvalue weighted by atomic mass is 19.1. The van der Waals surface area contributed by atoms with Crippen LogP contribution in [-0.4, -0.2) is 62.7 Å². The minimum atomic E-state index is -0.381. The molecule has 2 aromatic rings. The summed E-state index contributed by atoms with van der Waals surface area (Å²) in [5, 5.41) is 0. The van der Waals surface area contributed by atoms with Gasteiger partial charge in [-0.05, 0) is 17.7 Å². The number of nitrogens with one attached hydrogen (secondary N) is 1. The Hall–Kier alpha value is -2.93. The number of halogens is 1. The van der Waals surface area contributed by atoms with E-state index in [0.717, 1.165) is 10.5 Å². The number of esters is 1. The van der Waals surface area contributed by atoms with Crippen LogP contribution in [0.25, 0.3) is 0 Å². The number of anilines is 1. The number of quaternary nitrogens is 1. The normalized spacial score (nSPS) is 21.1. The Kier molecular flexibility index (Phi) is 5.99. The number of fused-ring (bicyclic) bond motifs is 1. The molecule has 6 nitrogen and oxygen atoms in total. The topological polar surface area (TPSA) is 54.3 Å². The molecule has 1 saturated heterocycles. The molecule has 0 aromatic heterocycles. The minimum absolute atomic E-state index is 0.0199. The van der Waals surface area contributed by atoms with Crippen molar-refractivity contribution in [1.29, 1.82) is 0 Å². The molecule has 158 valence electrons. The molecule has 0 radical (unpaired) electrons. The van der Waals surface area contributed by atoms with Gasteiger partial charge in [-0.15, -0.1) is 0 Å². The third-order valence-electron chi connectivity index (χ3n) is 6.14. The van der Waals surface area contributed by atoms with Gasteiger partial charge in [0.2, 0.25) is 0 Å². The van der Waals surface area contributed by atoms with Crippen LogP contribution < -0.4 is 9.80 Å². The van der Waals surface area contributed by atoms with E-state index >= 15 is 0 Å². The van der Waals surface area contributed by atoms with Gasteiger partial charge in [0.05, 0.1) is 12.8 Å². The number of para-hydroxylation sites is 1. The fraction of sp³-hybridized carbons (Fsp3) is 0.391. The highest BCUT2D eigenvalue weighted by molar-refractivity contribution is 5.79. The molecule has 0 bridgehead atoms. The van der Waals surface area contributed by atoms with Crippen molar-refractivity contribution < 1.29 is 23.6 Å². The van der Waals surface area contributed by atoms with E-state index in [0.29, 0.717) is 44.8 Å². The van der Waals surface area contributed by atoms with Crippen molar-refractivity contribution in [3.63, 3.8) is 0 Å². The molecule has 2 aliphatic rings. The standard InChI is InChI=1S/C23H26FN3O3/c1-30-23(29)21-14-17-6-2-3-7-18(17)15-27(21)16-22(28)26-12-10-25(11-13-26)20-9-5-4-8-19(20)24/h2-9,21H,10-16H2,1H3/p+1/t21-/m0/s1. The molecule has 2 aromatic carbocycles. The lowest BCUT2D eigenvalue weighted by molar-refractivity contribution is -0.925. The molecule has 2 heterocycles. The summed E-state index contributed by atoms with van der Waals surface area (Å²) in [4.78, 5) is 30.1. The number of hydrogen-bond donors (Lipinski definition) is 1. The fourth-order valence-electron chi connectivity index (χ4n) is 4.45. The van der Waals surface area contributed by atoms with E-state index < -0.39 is 0 Å². The zero-order valence-electron chi connectivity index (χ0n) is 17.1. The largest absolute Gasteiger partial charge is 0.465 e. The van der Waals surface area contributed by atoms with Gasteiger partial charge in [0.1, 0.15) is 12.4 Å². The first-order valence-corrected chi connectivity index (χ1v) is 10.3. The van der Waals surface area contributed by atoms with Gasteiger partial charge in [0, 0.05) is 38.2 Å². The molecular formula is C23H27FN3O3+. The van der Waals surface area contributed by atoms with E-state index in [2.05, 4.69) is 6.07 Å². The van der Waals surface area contributed by atoms with E-state index in [1.165, 1.54) is 18.7 Å². The van der Waals surface area contributed by atoms with E-state index in [1.807, 2.05) is 34.1 Å². The highest BCUT2D eigenvalue weighted by Gasteiger charge is 2.38. The van der Waals surface area contributed by atoms with Gasteiger partial charge in [-0.25, -0.2) is 9.18 Å². The Labute approximate surface area is 175 Å². The number of rotatable bonds is 4. The number of nitrogens with zero attached hydrogens (tertiary/aromatic N) is 2. The zero-order valence-corrected chi connectivity index (χ0v) is 17.1. The Morgan fingerprint density at radius 3 is 2.40 bits per heavy atom. The van der Waals surface area contributed by atoms with Gasteiger partial charge in [-0.3, -0.25) is 4.79 Å². The van der Waals surface area contributed by atoms with Crippen LogP contribution in [-0.2, 0) is 27.3 Å². The number of carbonyl (C=O) groups is 2. The molecule has 0 saturated carbocycles. The van der Waals surface area contributed by atoms with Crippen molar-refractivity contribution in [1.82, 2.24) is 4.90 Å². The second kappa shape index (κ2) is 8.83. The number of hydrogen-bond acceptors (Lipinski definition) is 4. The van der Waals surface area contributed by atoms with Crippen molar-refractivity contribution in [3.8, 4) is 0 Å². The number of methoxy groups -OCH3 is 1. The number of benzene rings is 2. The maximum Gasteiger partial charge on any atom is 0.365 e. The van der Waals surface area contributed by atoms with Crippen LogP contribution in [0.15, 0.2) is 48.5 Å². The molecule has 1 amide bonds. The molecule has 2 atom stereocenters. The van der Waals surface area contributed by atoms with Crippen molar-refractivity contribution in [2.45, 2.75) is 19.0 Å². The van der Waals surface area contributed by atoms with E-state index in [-0.39, 0.29) is 30.3 Å². The van der Waals surface area contributed by atoms with Crippen molar-refractivity contribution >= 4 is 17.6 Å². The first-order chi connectivity index (χ1) is 14.6. The summed E-state index contributed by atoms with van der Waals surface area (Å²) in [5.41, 5.74) is 2.89. The van der Waals surface area contributed by atoms with Crippen molar-refractivity contribution in [2.24, 2.45) is 0 Å². The molecule has 2 aliphatic heterocycles. The van der Waals surface area contributed by atoms with Crippen LogP contribution in [0.2, 0.25) is 0 Å². The highest BCUT2D eigenvalue weighted by Crippen LogP contribution is 2.20. The van der Waals surface area contributed by atoms with Gasteiger partial charge in [-0.1, -0.05) is 36.4 Å². The summed E-state index contributed by atoms with van der Waals surface area (Å²) in [6, 6.07) is 14.4. The lowest BCUT2D eigenvalue weighted by Gasteiger charge is -2.37. The maximum atomic E-state index is 14.0. The summed E-state index contributed by atoms with van der Waals surface area (Å²) < 4.78 is 19.1. The van der Waals surface area contributed by atoms with Crippen molar-refractivity contribution in [3.05, 3.63) is 65.5 Å². The molecule has 1 N–H and O–H groups in total. The minimum Gasteiger partial charge on any atom is -0.465 e. The van der Waals surface area contributed by atoms with Crippen molar-refractivity contribution in [2.75, 3.05) is 44.7 Å². The zero-order chi connectivity index (χ0) is 21.1. The average Bonchev–Trinajstić information content (AvgIpc) is 2.78. The first-order valence-electron chi connectivity index (χ1n) is 10.3. The van der Waals surface area contributed by atoms with Crippen LogP contribution in [0, 0.1) is 5.82 Å². The SMILES string of the molecule is COC(=O)[C@@H]1Cc2ccccc2C[NH+]1CC(=O)N1CCN(c2ccccc2F)CC1. The van der Waals surface area contributed by atoms with Crippen LogP contribution >= 0.6 is 0 Å². The Balaban J connectivity index is 1.40. The number of amides is 1. The molecule has 0 spiro atoms. The molecule has 4 rings (SSSR count). The summed E-state index contributed by atoms with van der Waals surface area (Å²) in [7, 11) is 1.39. The predicted molar refractivity (Wildman–Crippen MR) is 111 cm³/mol. The lowest BCUT2D eigenvalue weighted by Crippen LogP contribution is -3.17. The maximum absolute atomic E-state index is 14.0. The number of ether oxygens (including phenoxy) is 1. The second-order valence-corrected chi connectivity index (χ2v) is 7.88. The molecule has 7 heteroatoms. The van der Waals surface area contributed by atoms with Crippen LogP contribution in [0.4, 0.5) is 10.1 Å². The third kappa shape index (κ3) is 4.16. The molecule has 1 unspecified atom stereocenters. The van der Waals surface area contributed by atoms with Gasteiger partial charge in [0.15, 0.2) is 12.6 Å². The first kappa shape index (κ1) is 20.3. The monoisotopic (exact) mass is 412 g/mol. The molecular weight excluding hydrogens is 385 g/mol. The van der Waals surface area contributed by atoms with Crippen LogP contribution in [0.1, 0.15) is 11.1 Å². The molecule has 0 aliphatic carbocycles. The summed E-state index contributed by atoms with van der Waals surface area (Å²) in [6.45, 7) is 3.13. The van der Waals surface area contributed by atoms with E-state index in [4.69, 9.17) is 4.74 Å². The fourth-order valence-corrected chi connectivity index (χ4v) is 4.45. The van der Waals surface area contributed by atoms with Crippen LogP contribution in [0.5, 0.6) is 0 Å².